The minimum atomic E-state index is -0.207. The predicted molar refractivity (Wildman–Crippen MR) is 71.3 cm³/mol. The van der Waals surface area contributed by atoms with Crippen LogP contribution in [0.2, 0.25) is 0 Å². The van der Waals surface area contributed by atoms with E-state index in [1.54, 1.807) is 12.1 Å². The maximum atomic E-state index is 13.3. The Hall–Kier alpha value is -1.13. The van der Waals surface area contributed by atoms with Gasteiger partial charge in [-0.15, -0.1) is 0 Å². The summed E-state index contributed by atoms with van der Waals surface area (Å²) < 4.78 is 13.3. The molecule has 0 amide bonds. The predicted octanol–water partition coefficient (Wildman–Crippen LogP) is 1.72. The van der Waals surface area contributed by atoms with Crippen molar-refractivity contribution in [1.82, 2.24) is 4.90 Å². The number of likely N-dealkylation sites (N-methyl/N-ethyl adjacent to an activating group) is 1. The third kappa shape index (κ3) is 2.82. The number of hydrogen-bond donors (Lipinski definition) is 1. The van der Waals surface area contributed by atoms with Crippen LogP contribution >= 0.6 is 0 Å². The summed E-state index contributed by atoms with van der Waals surface area (Å²) in [5.74, 6) is -0.207. The van der Waals surface area contributed by atoms with Crippen LogP contribution in [-0.4, -0.2) is 48.8 Å². The molecule has 1 N–H and O–H groups in total. The largest absolute Gasteiger partial charge is 0.396 e. The SMILES string of the molecule is CC1CN(c2cccc(F)c2)C(CCO)CN1C. The Kier molecular flexibility index (Phi) is 4.19. The fraction of sp³-hybridized carbons (Fsp3) is 0.571. The summed E-state index contributed by atoms with van der Waals surface area (Å²) in [7, 11) is 2.10. The van der Waals surface area contributed by atoms with Gasteiger partial charge in [0.1, 0.15) is 5.82 Å². The summed E-state index contributed by atoms with van der Waals surface area (Å²) in [5.41, 5.74) is 0.911. The zero-order valence-electron chi connectivity index (χ0n) is 11.0. The number of hydrogen-bond acceptors (Lipinski definition) is 3. The molecule has 0 saturated carbocycles. The standard InChI is InChI=1S/C14H21FN2O/c1-11-9-17(13-5-3-4-12(15)8-13)14(6-7-18)10-16(11)2/h3-5,8,11,14,18H,6-7,9-10H2,1-2H3. The zero-order valence-corrected chi connectivity index (χ0v) is 11.0. The molecule has 0 aliphatic carbocycles. The highest BCUT2D eigenvalue weighted by molar-refractivity contribution is 5.48. The van der Waals surface area contributed by atoms with Crippen LogP contribution in [0.4, 0.5) is 10.1 Å². The Morgan fingerprint density at radius 2 is 2.17 bits per heavy atom. The van der Waals surface area contributed by atoms with Gasteiger partial charge in [0.05, 0.1) is 0 Å². The molecular formula is C14H21FN2O. The number of nitrogens with zero attached hydrogens (tertiary/aromatic N) is 2. The number of halogens is 1. The van der Waals surface area contributed by atoms with Crippen LogP contribution in [0.15, 0.2) is 24.3 Å². The number of aliphatic hydroxyl groups excluding tert-OH is 1. The van der Waals surface area contributed by atoms with E-state index in [2.05, 4.69) is 23.8 Å². The van der Waals surface area contributed by atoms with Gasteiger partial charge in [-0.05, 0) is 38.6 Å². The van der Waals surface area contributed by atoms with Crippen molar-refractivity contribution in [2.45, 2.75) is 25.4 Å². The van der Waals surface area contributed by atoms with Gasteiger partial charge in [-0.25, -0.2) is 4.39 Å². The molecule has 0 spiro atoms. The van der Waals surface area contributed by atoms with Crippen molar-refractivity contribution in [2.75, 3.05) is 31.6 Å². The fourth-order valence-electron chi connectivity index (χ4n) is 2.55. The fourth-order valence-corrected chi connectivity index (χ4v) is 2.55. The smallest absolute Gasteiger partial charge is 0.125 e. The first kappa shape index (κ1) is 13.3. The Bertz CT molecular complexity index is 399. The second-order valence-corrected chi connectivity index (χ2v) is 5.09. The Balaban J connectivity index is 2.22. The Labute approximate surface area is 108 Å². The van der Waals surface area contributed by atoms with Crippen molar-refractivity contribution in [2.24, 2.45) is 0 Å². The maximum absolute atomic E-state index is 13.3. The molecule has 1 saturated heterocycles. The average molecular weight is 252 g/mol. The van der Waals surface area contributed by atoms with Crippen molar-refractivity contribution in [3.05, 3.63) is 30.1 Å². The van der Waals surface area contributed by atoms with Crippen molar-refractivity contribution < 1.29 is 9.50 Å². The lowest BCUT2D eigenvalue weighted by Crippen LogP contribution is -2.56. The number of rotatable bonds is 3. The average Bonchev–Trinajstić information content (AvgIpc) is 2.34. The van der Waals surface area contributed by atoms with Crippen molar-refractivity contribution in [1.29, 1.82) is 0 Å². The van der Waals surface area contributed by atoms with Gasteiger partial charge in [0, 0.05) is 37.5 Å². The first-order valence-electron chi connectivity index (χ1n) is 6.45. The molecule has 2 unspecified atom stereocenters. The topological polar surface area (TPSA) is 26.7 Å². The Morgan fingerprint density at radius 3 is 2.83 bits per heavy atom. The lowest BCUT2D eigenvalue weighted by atomic mass is 10.0. The third-order valence-electron chi connectivity index (χ3n) is 3.76. The Morgan fingerprint density at radius 1 is 1.39 bits per heavy atom. The number of aliphatic hydroxyl groups is 1. The molecule has 1 aliphatic rings. The van der Waals surface area contributed by atoms with E-state index >= 15 is 0 Å². The molecule has 0 bridgehead atoms. The van der Waals surface area contributed by atoms with Crippen LogP contribution in [0, 0.1) is 5.82 Å². The van der Waals surface area contributed by atoms with E-state index in [1.165, 1.54) is 6.07 Å². The third-order valence-corrected chi connectivity index (χ3v) is 3.76. The van der Waals surface area contributed by atoms with E-state index in [4.69, 9.17) is 0 Å². The first-order chi connectivity index (χ1) is 8.61. The van der Waals surface area contributed by atoms with Crippen LogP contribution < -0.4 is 4.90 Å². The van der Waals surface area contributed by atoms with E-state index in [0.717, 1.165) is 18.8 Å². The molecule has 1 fully saturated rings. The minimum Gasteiger partial charge on any atom is -0.396 e. The summed E-state index contributed by atoms with van der Waals surface area (Å²) in [6, 6.07) is 7.39. The molecule has 2 rings (SSSR count). The lowest BCUT2D eigenvalue weighted by Gasteiger charge is -2.45. The highest BCUT2D eigenvalue weighted by atomic mass is 19.1. The quantitative estimate of drug-likeness (QED) is 0.887. The molecular weight excluding hydrogens is 231 g/mol. The van der Waals surface area contributed by atoms with Gasteiger partial charge in [-0.3, -0.25) is 4.90 Å². The number of benzene rings is 1. The van der Waals surface area contributed by atoms with E-state index in [9.17, 15) is 9.50 Å². The molecule has 0 radical (unpaired) electrons. The molecule has 4 heteroatoms. The normalized spacial score (nSPS) is 25.4. The van der Waals surface area contributed by atoms with Gasteiger partial charge in [0.25, 0.3) is 0 Å². The van der Waals surface area contributed by atoms with Crippen molar-refractivity contribution >= 4 is 5.69 Å². The molecule has 100 valence electrons. The second-order valence-electron chi connectivity index (χ2n) is 5.09. The molecule has 0 aromatic heterocycles. The van der Waals surface area contributed by atoms with Gasteiger partial charge >= 0.3 is 0 Å². The van der Waals surface area contributed by atoms with E-state index < -0.39 is 0 Å². The van der Waals surface area contributed by atoms with Gasteiger partial charge in [0.15, 0.2) is 0 Å². The molecule has 1 aliphatic heterocycles. The van der Waals surface area contributed by atoms with Crippen LogP contribution in [0.1, 0.15) is 13.3 Å². The second kappa shape index (κ2) is 5.67. The molecule has 3 nitrogen and oxygen atoms in total. The van der Waals surface area contributed by atoms with Crippen LogP contribution in [0.25, 0.3) is 0 Å². The van der Waals surface area contributed by atoms with Gasteiger partial charge in [-0.1, -0.05) is 6.07 Å². The molecule has 1 aromatic carbocycles. The lowest BCUT2D eigenvalue weighted by molar-refractivity contribution is 0.177. The summed E-state index contributed by atoms with van der Waals surface area (Å²) in [6.45, 7) is 4.10. The minimum absolute atomic E-state index is 0.165. The monoisotopic (exact) mass is 252 g/mol. The molecule has 18 heavy (non-hydrogen) atoms. The van der Waals surface area contributed by atoms with Crippen LogP contribution in [0.5, 0.6) is 0 Å². The highest BCUT2D eigenvalue weighted by Gasteiger charge is 2.29. The summed E-state index contributed by atoms with van der Waals surface area (Å²) in [6.07, 6.45) is 0.716. The summed E-state index contributed by atoms with van der Waals surface area (Å²) >= 11 is 0. The van der Waals surface area contributed by atoms with Gasteiger partial charge < -0.3 is 10.0 Å². The van der Waals surface area contributed by atoms with Crippen LogP contribution in [-0.2, 0) is 0 Å². The summed E-state index contributed by atoms with van der Waals surface area (Å²) in [4.78, 5) is 4.50. The maximum Gasteiger partial charge on any atom is 0.125 e. The van der Waals surface area contributed by atoms with E-state index in [1.807, 2.05) is 6.07 Å². The first-order valence-corrected chi connectivity index (χ1v) is 6.45. The number of anilines is 1. The van der Waals surface area contributed by atoms with Crippen molar-refractivity contribution in [3.8, 4) is 0 Å². The molecule has 1 aromatic rings. The van der Waals surface area contributed by atoms with Gasteiger partial charge in [0.2, 0.25) is 0 Å². The van der Waals surface area contributed by atoms with Crippen LogP contribution in [0.3, 0.4) is 0 Å². The molecule has 1 heterocycles. The van der Waals surface area contributed by atoms with Gasteiger partial charge in [-0.2, -0.15) is 0 Å². The summed E-state index contributed by atoms with van der Waals surface area (Å²) in [5, 5.41) is 9.17. The van der Waals surface area contributed by atoms with Crippen molar-refractivity contribution in [3.63, 3.8) is 0 Å². The molecule has 2 atom stereocenters. The van der Waals surface area contributed by atoms with E-state index in [-0.39, 0.29) is 18.5 Å². The highest BCUT2D eigenvalue weighted by Crippen LogP contribution is 2.24. The zero-order chi connectivity index (χ0) is 13.1. The van der Waals surface area contributed by atoms with E-state index in [0.29, 0.717) is 12.5 Å². The number of piperazine rings is 1.